The van der Waals surface area contributed by atoms with E-state index in [-0.39, 0.29) is 0 Å². The normalized spacial score (nSPS) is 14.2. The monoisotopic (exact) mass is 174 g/mol. The van der Waals surface area contributed by atoms with Crippen LogP contribution in [-0.2, 0) is 0 Å². The first-order valence-electron chi connectivity index (χ1n) is 2.69. The Balaban J connectivity index is 3.23. The number of halogens is 1. The molecule has 0 aromatic heterocycles. The van der Waals surface area contributed by atoms with E-state index in [1.165, 1.54) is 0 Å². The van der Waals surface area contributed by atoms with Crippen LogP contribution in [0.15, 0.2) is 24.8 Å². The van der Waals surface area contributed by atoms with E-state index in [1.807, 2.05) is 19.1 Å². The fraction of sp³-hybridized carbons (Fsp3) is 0.429. The average Bonchev–Trinajstić information content (AvgIpc) is 1.83. The summed E-state index contributed by atoms with van der Waals surface area (Å²) < 4.78 is 0. The Morgan fingerprint density at radius 1 is 1.75 bits per heavy atom. The predicted molar refractivity (Wildman–Crippen MR) is 42.3 cm³/mol. The topological polar surface area (TPSA) is 0 Å². The minimum atomic E-state index is 0.443. The van der Waals surface area contributed by atoms with Crippen molar-refractivity contribution in [1.29, 1.82) is 0 Å². The van der Waals surface area contributed by atoms with Gasteiger partial charge in [0.05, 0.1) is 0 Å². The molecule has 0 aliphatic heterocycles. The van der Waals surface area contributed by atoms with Crippen LogP contribution in [0, 0.1) is 0 Å². The van der Waals surface area contributed by atoms with E-state index in [0.29, 0.717) is 4.83 Å². The van der Waals surface area contributed by atoms with Gasteiger partial charge in [0.2, 0.25) is 0 Å². The molecule has 0 nitrogen and oxygen atoms in total. The van der Waals surface area contributed by atoms with Crippen molar-refractivity contribution in [1.82, 2.24) is 0 Å². The molecule has 0 saturated heterocycles. The molecule has 1 heteroatoms. The molecule has 0 fully saturated rings. The lowest BCUT2D eigenvalue weighted by molar-refractivity contribution is 1.09. The molecule has 0 rings (SSSR count). The quantitative estimate of drug-likeness (QED) is 0.457. The van der Waals surface area contributed by atoms with Crippen molar-refractivity contribution in [2.24, 2.45) is 0 Å². The van der Waals surface area contributed by atoms with Crippen LogP contribution in [0.3, 0.4) is 0 Å². The molecule has 0 aromatic rings. The zero-order valence-corrected chi connectivity index (χ0v) is 6.69. The summed E-state index contributed by atoms with van der Waals surface area (Å²) in [5, 5.41) is 0. The summed E-state index contributed by atoms with van der Waals surface area (Å²) in [5.41, 5.74) is 0. The summed E-state index contributed by atoms with van der Waals surface area (Å²) in [4.78, 5) is 0.443. The number of allylic oxidation sites excluding steroid dienone is 3. The molecule has 8 heavy (non-hydrogen) atoms. The summed E-state index contributed by atoms with van der Waals surface area (Å²) >= 11 is 3.41. The largest absolute Gasteiger partial charge is 0.102 e. The van der Waals surface area contributed by atoms with Crippen LogP contribution >= 0.6 is 15.9 Å². The third-order valence-electron chi connectivity index (χ3n) is 0.853. The van der Waals surface area contributed by atoms with Gasteiger partial charge in [0.25, 0.3) is 0 Å². The van der Waals surface area contributed by atoms with Crippen LogP contribution in [0.5, 0.6) is 0 Å². The minimum Gasteiger partial charge on any atom is -0.102 e. The smallest absolute Gasteiger partial charge is 0.0357 e. The second-order valence-electron chi connectivity index (χ2n) is 1.56. The number of alkyl halides is 1. The van der Waals surface area contributed by atoms with Crippen molar-refractivity contribution in [3.63, 3.8) is 0 Å². The van der Waals surface area contributed by atoms with E-state index in [9.17, 15) is 0 Å². The van der Waals surface area contributed by atoms with Crippen molar-refractivity contribution in [2.75, 3.05) is 0 Å². The van der Waals surface area contributed by atoms with E-state index >= 15 is 0 Å². The molecule has 0 N–H and O–H groups in total. The van der Waals surface area contributed by atoms with Crippen molar-refractivity contribution in [2.45, 2.75) is 18.2 Å². The maximum absolute atomic E-state index is 3.63. The van der Waals surface area contributed by atoms with Crippen molar-refractivity contribution >= 4 is 15.9 Å². The third kappa shape index (κ3) is 4.13. The van der Waals surface area contributed by atoms with Crippen LogP contribution in [0.1, 0.15) is 13.3 Å². The Bertz CT molecular complexity index is 84.4. The zero-order chi connectivity index (χ0) is 6.41. The van der Waals surface area contributed by atoms with Crippen LogP contribution in [0.2, 0.25) is 0 Å². The summed E-state index contributed by atoms with van der Waals surface area (Å²) in [6.45, 7) is 5.65. The van der Waals surface area contributed by atoms with Gasteiger partial charge in [-0.1, -0.05) is 34.2 Å². The van der Waals surface area contributed by atoms with Crippen LogP contribution in [0.25, 0.3) is 0 Å². The van der Waals surface area contributed by atoms with Gasteiger partial charge in [0, 0.05) is 4.83 Å². The standard InChI is InChI=1S/C7H11Br/c1-3-5-6-7(8)4-2/h3-5,7H,2,6H2,1H3. The Kier molecular flexibility index (Phi) is 5.08. The molecular formula is C7H11Br. The van der Waals surface area contributed by atoms with Gasteiger partial charge in [0.15, 0.2) is 0 Å². The minimum absolute atomic E-state index is 0.443. The molecule has 0 radical (unpaired) electrons. The Labute approximate surface area is 59.4 Å². The van der Waals surface area contributed by atoms with E-state index in [2.05, 4.69) is 28.6 Å². The molecule has 0 spiro atoms. The van der Waals surface area contributed by atoms with Crippen molar-refractivity contribution < 1.29 is 0 Å². The van der Waals surface area contributed by atoms with E-state index in [0.717, 1.165) is 6.42 Å². The molecule has 46 valence electrons. The van der Waals surface area contributed by atoms with Gasteiger partial charge in [0.1, 0.15) is 0 Å². The van der Waals surface area contributed by atoms with Gasteiger partial charge in [-0.2, -0.15) is 0 Å². The van der Waals surface area contributed by atoms with Gasteiger partial charge in [-0.05, 0) is 13.3 Å². The van der Waals surface area contributed by atoms with Gasteiger partial charge >= 0.3 is 0 Å². The first-order chi connectivity index (χ1) is 3.81. The van der Waals surface area contributed by atoms with Crippen LogP contribution in [0.4, 0.5) is 0 Å². The van der Waals surface area contributed by atoms with Gasteiger partial charge < -0.3 is 0 Å². The van der Waals surface area contributed by atoms with E-state index in [4.69, 9.17) is 0 Å². The SMILES string of the molecule is C=CC(Br)CC=CC. The summed E-state index contributed by atoms with van der Waals surface area (Å²) in [6, 6.07) is 0. The number of hydrogen-bond donors (Lipinski definition) is 0. The van der Waals surface area contributed by atoms with Gasteiger partial charge in [-0.15, -0.1) is 6.58 Å². The lowest BCUT2D eigenvalue weighted by atomic mass is 10.3. The molecular weight excluding hydrogens is 164 g/mol. The first-order valence-corrected chi connectivity index (χ1v) is 3.60. The first kappa shape index (κ1) is 7.96. The Morgan fingerprint density at radius 2 is 2.38 bits per heavy atom. The lowest BCUT2D eigenvalue weighted by Crippen LogP contribution is -1.85. The Hall–Kier alpha value is -0.0400. The van der Waals surface area contributed by atoms with E-state index < -0.39 is 0 Å². The van der Waals surface area contributed by atoms with Gasteiger partial charge in [-0.25, -0.2) is 0 Å². The molecule has 0 heterocycles. The molecule has 0 amide bonds. The number of rotatable bonds is 3. The fourth-order valence-electron chi connectivity index (χ4n) is 0.362. The molecule has 1 atom stereocenters. The fourth-order valence-corrected chi connectivity index (χ4v) is 0.578. The highest BCUT2D eigenvalue weighted by molar-refractivity contribution is 9.09. The molecule has 0 aromatic carbocycles. The Morgan fingerprint density at radius 3 is 2.75 bits per heavy atom. The molecule has 0 bridgehead atoms. The summed E-state index contributed by atoms with van der Waals surface area (Å²) in [6.07, 6.45) is 7.08. The second-order valence-corrected chi connectivity index (χ2v) is 2.73. The van der Waals surface area contributed by atoms with Crippen LogP contribution < -0.4 is 0 Å². The van der Waals surface area contributed by atoms with Crippen LogP contribution in [-0.4, -0.2) is 4.83 Å². The summed E-state index contributed by atoms with van der Waals surface area (Å²) in [7, 11) is 0. The zero-order valence-electron chi connectivity index (χ0n) is 5.10. The molecule has 0 aliphatic rings. The average molecular weight is 175 g/mol. The second kappa shape index (κ2) is 5.10. The summed E-state index contributed by atoms with van der Waals surface area (Å²) in [5.74, 6) is 0. The van der Waals surface area contributed by atoms with E-state index in [1.54, 1.807) is 0 Å². The number of hydrogen-bond acceptors (Lipinski definition) is 0. The van der Waals surface area contributed by atoms with Crippen molar-refractivity contribution in [3.05, 3.63) is 24.8 Å². The lowest BCUT2D eigenvalue weighted by Gasteiger charge is -1.94. The van der Waals surface area contributed by atoms with Gasteiger partial charge in [-0.3, -0.25) is 0 Å². The highest BCUT2D eigenvalue weighted by atomic mass is 79.9. The third-order valence-corrected chi connectivity index (χ3v) is 1.60. The van der Waals surface area contributed by atoms with Crippen molar-refractivity contribution in [3.8, 4) is 0 Å². The highest BCUT2D eigenvalue weighted by Crippen LogP contribution is 2.05. The maximum Gasteiger partial charge on any atom is 0.0357 e. The predicted octanol–water partition coefficient (Wildman–Crippen LogP) is 2.90. The molecule has 0 aliphatic carbocycles. The highest BCUT2D eigenvalue weighted by Gasteiger charge is 1.90. The molecule has 0 saturated carbocycles. The molecule has 1 unspecified atom stereocenters. The maximum atomic E-state index is 3.63.